The Kier molecular flexibility index (Phi) is 4.06. The van der Waals surface area contributed by atoms with Crippen LogP contribution < -0.4 is 11.1 Å². The second-order valence-corrected chi connectivity index (χ2v) is 4.12. The smallest absolute Gasteiger partial charge is 0.233 e. The average Bonchev–Trinajstić information content (AvgIpc) is 2.42. The first-order chi connectivity index (χ1) is 8.33. The van der Waals surface area contributed by atoms with Gasteiger partial charge in [0, 0.05) is 38.9 Å². The number of carbonyl (C=O) groups excluding carboxylic acids is 1. The van der Waals surface area contributed by atoms with Crippen LogP contribution in [0.15, 0.2) is 24.4 Å². The SMILES string of the molecule is NCC(C(=O)N1CCNCC1)c1ccccn1. The molecule has 3 N–H and O–H groups in total. The summed E-state index contributed by atoms with van der Waals surface area (Å²) in [5, 5.41) is 3.23. The molecule has 0 spiro atoms. The third kappa shape index (κ3) is 2.81. The van der Waals surface area contributed by atoms with Gasteiger partial charge in [-0.25, -0.2) is 0 Å². The minimum absolute atomic E-state index is 0.0905. The van der Waals surface area contributed by atoms with Crippen LogP contribution in [0.2, 0.25) is 0 Å². The summed E-state index contributed by atoms with van der Waals surface area (Å²) in [5.41, 5.74) is 6.47. The lowest BCUT2D eigenvalue weighted by atomic mass is 10.0. The van der Waals surface area contributed by atoms with Gasteiger partial charge in [-0.05, 0) is 12.1 Å². The van der Waals surface area contributed by atoms with Gasteiger partial charge in [0.15, 0.2) is 0 Å². The van der Waals surface area contributed by atoms with Crippen molar-refractivity contribution in [3.8, 4) is 0 Å². The molecule has 1 aromatic heterocycles. The summed E-state index contributed by atoms with van der Waals surface area (Å²) < 4.78 is 0. The molecule has 92 valence electrons. The van der Waals surface area contributed by atoms with E-state index in [0.29, 0.717) is 6.54 Å². The number of aromatic nitrogens is 1. The normalized spacial score (nSPS) is 17.8. The standard InChI is InChI=1S/C12H18N4O/c13-9-10(11-3-1-2-4-15-11)12(17)16-7-5-14-6-8-16/h1-4,10,14H,5-9,13H2. The molecule has 0 aliphatic carbocycles. The highest BCUT2D eigenvalue weighted by Crippen LogP contribution is 2.15. The quantitative estimate of drug-likeness (QED) is 0.743. The summed E-state index contributed by atoms with van der Waals surface area (Å²) in [5.74, 6) is -0.220. The van der Waals surface area contributed by atoms with E-state index in [1.165, 1.54) is 0 Å². The molecule has 0 aromatic carbocycles. The summed E-state index contributed by atoms with van der Waals surface area (Å²) in [6, 6.07) is 5.58. The minimum Gasteiger partial charge on any atom is -0.340 e. The van der Waals surface area contributed by atoms with Gasteiger partial charge < -0.3 is 16.0 Å². The lowest BCUT2D eigenvalue weighted by molar-refractivity contribution is -0.133. The molecule has 1 aromatic rings. The van der Waals surface area contributed by atoms with Crippen LogP contribution in [-0.4, -0.2) is 48.5 Å². The molecule has 0 radical (unpaired) electrons. The van der Waals surface area contributed by atoms with Crippen molar-refractivity contribution < 1.29 is 4.79 Å². The fourth-order valence-electron chi connectivity index (χ4n) is 2.04. The Balaban J connectivity index is 2.10. The van der Waals surface area contributed by atoms with Crippen molar-refractivity contribution in [3.05, 3.63) is 30.1 Å². The third-order valence-electron chi connectivity index (χ3n) is 3.01. The number of nitrogens with two attached hydrogens (primary N) is 1. The minimum atomic E-state index is -0.311. The van der Waals surface area contributed by atoms with Crippen LogP contribution in [0.25, 0.3) is 0 Å². The van der Waals surface area contributed by atoms with Crippen molar-refractivity contribution in [2.45, 2.75) is 5.92 Å². The van der Waals surface area contributed by atoms with Gasteiger partial charge in [0.1, 0.15) is 0 Å². The van der Waals surface area contributed by atoms with Gasteiger partial charge in [0.05, 0.1) is 11.6 Å². The molecule has 1 aliphatic heterocycles. The number of nitrogens with zero attached hydrogens (tertiary/aromatic N) is 2. The maximum absolute atomic E-state index is 12.3. The van der Waals surface area contributed by atoms with Gasteiger partial charge in [-0.3, -0.25) is 9.78 Å². The first kappa shape index (κ1) is 12.0. The molecule has 0 bridgehead atoms. The zero-order chi connectivity index (χ0) is 12.1. The Labute approximate surface area is 101 Å². The largest absolute Gasteiger partial charge is 0.340 e. The second-order valence-electron chi connectivity index (χ2n) is 4.12. The fourth-order valence-corrected chi connectivity index (χ4v) is 2.04. The third-order valence-corrected chi connectivity index (χ3v) is 3.01. The maximum atomic E-state index is 12.3. The van der Waals surface area contributed by atoms with Crippen LogP contribution in [-0.2, 0) is 4.79 Å². The Morgan fingerprint density at radius 3 is 2.82 bits per heavy atom. The van der Waals surface area contributed by atoms with Crippen molar-refractivity contribution >= 4 is 5.91 Å². The predicted octanol–water partition coefficient (Wildman–Crippen LogP) is -0.444. The molecule has 5 heteroatoms. The number of amides is 1. The molecule has 1 aliphatic rings. The van der Waals surface area contributed by atoms with Crippen LogP contribution in [0, 0.1) is 0 Å². The van der Waals surface area contributed by atoms with Crippen LogP contribution >= 0.6 is 0 Å². The van der Waals surface area contributed by atoms with Crippen LogP contribution in [0.3, 0.4) is 0 Å². The molecule has 2 heterocycles. The van der Waals surface area contributed by atoms with Gasteiger partial charge in [-0.1, -0.05) is 6.07 Å². The van der Waals surface area contributed by atoms with Gasteiger partial charge >= 0.3 is 0 Å². The molecule has 1 saturated heterocycles. The van der Waals surface area contributed by atoms with E-state index >= 15 is 0 Å². The maximum Gasteiger partial charge on any atom is 0.233 e. The van der Waals surface area contributed by atoms with Gasteiger partial charge in [0.25, 0.3) is 0 Å². The van der Waals surface area contributed by atoms with Crippen molar-refractivity contribution in [2.75, 3.05) is 32.7 Å². The Morgan fingerprint density at radius 1 is 1.47 bits per heavy atom. The molecule has 1 fully saturated rings. The van der Waals surface area contributed by atoms with Crippen molar-refractivity contribution in [2.24, 2.45) is 5.73 Å². The highest BCUT2D eigenvalue weighted by atomic mass is 16.2. The van der Waals surface area contributed by atoms with Crippen LogP contribution in [0.1, 0.15) is 11.6 Å². The first-order valence-corrected chi connectivity index (χ1v) is 5.93. The van der Waals surface area contributed by atoms with E-state index in [9.17, 15) is 4.79 Å². The van der Waals surface area contributed by atoms with E-state index < -0.39 is 0 Å². The topological polar surface area (TPSA) is 71.2 Å². The summed E-state index contributed by atoms with van der Waals surface area (Å²) in [6.07, 6.45) is 1.70. The van der Waals surface area contributed by atoms with E-state index in [4.69, 9.17) is 5.73 Å². The van der Waals surface area contributed by atoms with Gasteiger partial charge in [0.2, 0.25) is 5.91 Å². The van der Waals surface area contributed by atoms with Crippen LogP contribution in [0.4, 0.5) is 0 Å². The molecule has 1 atom stereocenters. The lowest BCUT2D eigenvalue weighted by Crippen LogP contribution is -2.49. The summed E-state index contributed by atoms with van der Waals surface area (Å²) in [7, 11) is 0. The zero-order valence-electron chi connectivity index (χ0n) is 9.80. The number of pyridine rings is 1. The number of piperazine rings is 1. The second kappa shape index (κ2) is 5.75. The van der Waals surface area contributed by atoms with Crippen molar-refractivity contribution in [3.63, 3.8) is 0 Å². The van der Waals surface area contributed by atoms with Gasteiger partial charge in [-0.2, -0.15) is 0 Å². The summed E-state index contributed by atoms with van der Waals surface area (Å²) >= 11 is 0. The summed E-state index contributed by atoms with van der Waals surface area (Å²) in [6.45, 7) is 3.51. The van der Waals surface area contributed by atoms with Crippen molar-refractivity contribution in [1.29, 1.82) is 0 Å². The Morgan fingerprint density at radius 2 is 2.24 bits per heavy atom. The highest BCUT2D eigenvalue weighted by Gasteiger charge is 2.26. The fraction of sp³-hybridized carbons (Fsp3) is 0.500. The molecule has 1 amide bonds. The van der Waals surface area contributed by atoms with E-state index in [1.807, 2.05) is 23.1 Å². The lowest BCUT2D eigenvalue weighted by Gasteiger charge is -2.30. The number of hydrogen-bond acceptors (Lipinski definition) is 4. The average molecular weight is 234 g/mol. The number of nitrogens with one attached hydrogen (secondary N) is 1. The van der Waals surface area contributed by atoms with E-state index in [0.717, 1.165) is 31.9 Å². The van der Waals surface area contributed by atoms with E-state index in [2.05, 4.69) is 10.3 Å². The molecular formula is C12H18N4O. The molecule has 0 saturated carbocycles. The number of hydrogen-bond donors (Lipinski definition) is 2. The number of carbonyl (C=O) groups is 1. The first-order valence-electron chi connectivity index (χ1n) is 5.93. The Bertz CT molecular complexity index is 362. The van der Waals surface area contributed by atoms with E-state index in [-0.39, 0.29) is 11.8 Å². The van der Waals surface area contributed by atoms with Gasteiger partial charge in [-0.15, -0.1) is 0 Å². The Hall–Kier alpha value is -1.46. The molecule has 5 nitrogen and oxygen atoms in total. The zero-order valence-corrected chi connectivity index (χ0v) is 9.80. The number of rotatable bonds is 3. The monoisotopic (exact) mass is 234 g/mol. The highest BCUT2D eigenvalue weighted by molar-refractivity contribution is 5.83. The molecule has 1 unspecified atom stereocenters. The molecular weight excluding hydrogens is 216 g/mol. The predicted molar refractivity (Wildman–Crippen MR) is 65.5 cm³/mol. The van der Waals surface area contributed by atoms with Crippen molar-refractivity contribution in [1.82, 2.24) is 15.2 Å². The molecule has 17 heavy (non-hydrogen) atoms. The summed E-state index contributed by atoms with van der Waals surface area (Å²) in [4.78, 5) is 18.4. The van der Waals surface area contributed by atoms with E-state index in [1.54, 1.807) is 6.20 Å². The van der Waals surface area contributed by atoms with Crippen LogP contribution in [0.5, 0.6) is 0 Å². The molecule has 2 rings (SSSR count).